The monoisotopic (exact) mass is 139 g/mol. The Morgan fingerprint density at radius 3 is 3.20 bits per heavy atom. The van der Waals surface area contributed by atoms with E-state index >= 15 is 0 Å². The lowest BCUT2D eigenvalue weighted by molar-refractivity contribution is 0.140. The third-order valence-corrected chi connectivity index (χ3v) is 1.69. The van der Waals surface area contributed by atoms with E-state index < -0.39 is 0 Å². The summed E-state index contributed by atoms with van der Waals surface area (Å²) in [5, 5.41) is 0. The second-order valence-corrected chi connectivity index (χ2v) is 2.39. The first kappa shape index (κ1) is 7.51. The molecule has 1 aliphatic carbocycles. The summed E-state index contributed by atoms with van der Waals surface area (Å²) in [6.07, 6.45) is 7.28. The number of allylic oxidation sites excluding steroid dienone is 2. The molecule has 0 bridgehead atoms. The van der Waals surface area contributed by atoms with Crippen molar-refractivity contribution in [3.8, 4) is 0 Å². The van der Waals surface area contributed by atoms with Crippen LogP contribution in [0.4, 0.5) is 0 Å². The van der Waals surface area contributed by atoms with Crippen molar-refractivity contribution in [2.75, 3.05) is 13.7 Å². The first-order valence-electron chi connectivity index (χ1n) is 3.46. The average molecular weight is 139 g/mol. The smallest absolute Gasteiger partial charge is 0.0792 e. The van der Waals surface area contributed by atoms with Gasteiger partial charge in [-0.15, -0.1) is 0 Å². The molecule has 0 heterocycles. The molecule has 1 rings (SSSR count). The minimum Gasteiger partial charge on any atom is -0.377 e. The van der Waals surface area contributed by atoms with Crippen LogP contribution in [0.2, 0.25) is 0 Å². The predicted molar refractivity (Wildman–Crippen MR) is 41.7 cm³/mol. The second kappa shape index (κ2) is 3.54. The van der Waals surface area contributed by atoms with E-state index in [2.05, 4.69) is 6.08 Å². The van der Waals surface area contributed by atoms with Gasteiger partial charge in [-0.1, -0.05) is 23.8 Å². The third kappa shape index (κ3) is 1.69. The fourth-order valence-electron chi connectivity index (χ4n) is 1.02. The summed E-state index contributed by atoms with van der Waals surface area (Å²) in [6, 6.07) is 0. The zero-order valence-electron chi connectivity index (χ0n) is 6.21. The van der Waals surface area contributed by atoms with Crippen molar-refractivity contribution in [2.45, 2.75) is 12.5 Å². The predicted octanol–water partition coefficient (Wildman–Crippen LogP) is 0.846. The summed E-state index contributed by atoms with van der Waals surface area (Å²) >= 11 is 0. The molecule has 2 N–H and O–H groups in total. The Balaban J connectivity index is 2.50. The first-order chi connectivity index (χ1) is 4.86. The summed E-state index contributed by atoms with van der Waals surface area (Å²) < 4.78 is 5.14. The summed E-state index contributed by atoms with van der Waals surface area (Å²) in [6.45, 7) is 0.643. The standard InChI is InChI=1S/C8H13NO/c1-10-8-4-2-3-7(5-8)6-9/h2-4,8H,5-6,9H2,1H3. The first-order valence-corrected chi connectivity index (χ1v) is 3.46. The van der Waals surface area contributed by atoms with Crippen LogP contribution in [0.5, 0.6) is 0 Å². The van der Waals surface area contributed by atoms with E-state index in [0.717, 1.165) is 6.42 Å². The third-order valence-electron chi connectivity index (χ3n) is 1.69. The Bertz CT molecular complexity index is 161. The Morgan fingerprint density at radius 1 is 1.80 bits per heavy atom. The fourth-order valence-corrected chi connectivity index (χ4v) is 1.02. The maximum Gasteiger partial charge on any atom is 0.0792 e. The van der Waals surface area contributed by atoms with E-state index in [1.54, 1.807) is 7.11 Å². The van der Waals surface area contributed by atoms with Crippen molar-refractivity contribution in [3.63, 3.8) is 0 Å². The van der Waals surface area contributed by atoms with Gasteiger partial charge >= 0.3 is 0 Å². The van der Waals surface area contributed by atoms with E-state index in [4.69, 9.17) is 10.5 Å². The molecular formula is C8H13NO. The van der Waals surface area contributed by atoms with Crippen molar-refractivity contribution in [1.29, 1.82) is 0 Å². The molecule has 0 aromatic carbocycles. The quantitative estimate of drug-likeness (QED) is 0.615. The second-order valence-electron chi connectivity index (χ2n) is 2.39. The zero-order valence-corrected chi connectivity index (χ0v) is 6.21. The van der Waals surface area contributed by atoms with Crippen LogP contribution >= 0.6 is 0 Å². The number of ether oxygens (including phenoxy) is 1. The Kier molecular flexibility index (Phi) is 2.66. The molecule has 1 aliphatic rings. The summed E-state index contributed by atoms with van der Waals surface area (Å²) in [5.74, 6) is 0. The topological polar surface area (TPSA) is 35.2 Å². The highest BCUT2D eigenvalue weighted by Crippen LogP contribution is 2.12. The Labute approximate surface area is 61.4 Å². The van der Waals surface area contributed by atoms with E-state index in [9.17, 15) is 0 Å². The molecule has 0 spiro atoms. The number of hydrogen-bond donors (Lipinski definition) is 1. The van der Waals surface area contributed by atoms with Gasteiger partial charge in [0.2, 0.25) is 0 Å². The molecule has 1 atom stereocenters. The summed E-state index contributed by atoms with van der Waals surface area (Å²) in [7, 11) is 1.72. The molecule has 0 saturated heterocycles. The Morgan fingerprint density at radius 2 is 2.60 bits per heavy atom. The lowest BCUT2D eigenvalue weighted by Gasteiger charge is -2.15. The van der Waals surface area contributed by atoms with Crippen LogP contribution < -0.4 is 5.73 Å². The van der Waals surface area contributed by atoms with E-state index in [1.807, 2.05) is 12.2 Å². The fraction of sp³-hybridized carbons (Fsp3) is 0.500. The summed E-state index contributed by atoms with van der Waals surface area (Å²) in [5.41, 5.74) is 6.72. The molecule has 0 amide bonds. The number of nitrogens with two attached hydrogens (primary N) is 1. The van der Waals surface area contributed by atoms with Crippen LogP contribution in [-0.4, -0.2) is 19.8 Å². The minimum atomic E-state index is 0.239. The van der Waals surface area contributed by atoms with Crippen LogP contribution in [-0.2, 0) is 4.74 Å². The highest BCUT2D eigenvalue weighted by atomic mass is 16.5. The van der Waals surface area contributed by atoms with Gasteiger partial charge in [-0.05, 0) is 6.42 Å². The highest BCUT2D eigenvalue weighted by Gasteiger charge is 2.07. The van der Waals surface area contributed by atoms with Crippen molar-refractivity contribution < 1.29 is 4.74 Å². The van der Waals surface area contributed by atoms with Gasteiger partial charge in [0.15, 0.2) is 0 Å². The molecule has 2 heteroatoms. The maximum atomic E-state index is 5.46. The van der Waals surface area contributed by atoms with Gasteiger partial charge in [0.05, 0.1) is 6.10 Å². The van der Waals surface area contributed by atoms with Gasteiger partial charge in [0, 0.05) is 13.7 Å². The van der Waals surface area contributed by atoms with Gasteiger partial charge in [0.25, 0.3) is 0 Å². The molecule has 1 unspecified atom stereocenters. The molecular weight excluding hydrogens is 126 g/mol. The van der Waals surface area contributed by atoms with E-state index in [1.165, 1.54) is 5.57 Å². The van der Waals surface area contributed by atoms with E-state index in [-0.39, 0.29) is 6.10 Å². The van der Waals surface area contributed by atoms with Crippen LogP contribution in [0.1, 0.15) is 6.42 Å². The molecule has 56 valence electrons. The van der Waals surface area contributed by atoms with Gasteiger partial charge in [-0.2, -0.15) is 0 Å². The molecule has 0 aliphatic heterocycles. The number of hydrogen-bond acceptors (Lipinski definition) is 2. The van der Waals surface area contributed by atoms with Gasteiger partial charge in [0.1, 0.15) is 0 Å². The largest absolute Gasteiger partial charge is 0.377 e. The summed E-state index contributed by atoms with van der Waals surface area (Å²) in [4.78, 5) is 0. The van der Waals surface area contributed by atoms with Gasteiger partial charge in [-0.25, -0.2) is 0 Å². The average Bonchev–Trinajstić information content (AvgIpc) is 2.05. The molecule has 0 aromatic rings. The van der Waals surface area contributed by atoms with Crippen molar-refractivity contribution >= 4 is 0 Å². The molecule has 0 saturated carbocycles. The van der Waals surface area contributed by atoms with Crippen molar-refractivity contribution in [3.05, 3.63) is 23.8 Å². The van der Waals surface area contributed by atoms with Crippen LogP contribution in [0.15, 0.2) is 23.8 Å². The van der Waals surface area contributed by atoms with Crippen LogP contribution in [0.25, 0.3) is 0 Å². The number of methoxy groups -OCH3 is 1. The van der Waals surface area contributed by atoms with Gasteiger partial charge < -0.3 is 10.5 Å². The maximum absolute atomic E-state index is 5.46. The Hall–Kier alpha value is -0.600. The van der Waals surface area contributed by atoms with E-state index in [0.29, 0.717) is 6.54 Å². The lowest BCUT2D eigenvalue weighted by atomic mass is 10.0. The van der Waals surface area contributed by atoms with Gasteiger partial charge in [-0.3, -0.25) is 0 Å². The highest BCUT2D eigenvalue weighted by molar-refractivity contribution is 5.21. The van der Waals surface area contributed by atoms with Crippen molar-refractivity contribution in [2.24, 2.45) is 5.73 Å². The SMILES string of the molecule is COC1C=CC=C(CN)C1. The minimum absolute atomic E-state index is 0.239. The lowest BCUT2D eigenvalue weighted by Crippen LogP contribution is -2.15. The van der Waals surface area contributed by atoms with Crippen molar-refractivity contribution in [1.82, 2.24) is 0 Å². The zero-order chi connectivity index (χ0) is 7.40. The molecule has 0 aromatic heterocycles. The van der Waals surface area contributed by atoms with Crippen LogP contribution in [0, 0.1) is 0 Å². The molecule has 0 fully saturated rings. The molecule has 0 radical (unpaired) electrons. The molecule has 2 nitrogen and oxygen atoms in total. The normalized spacial score (nSPS) is 24.6. The number of rotatable bonds is 2. The van der Waals surface area contributed by atoms with Crippen LogP contribution in [0.3, 0.4) is 0 Å². The molecule has 10 heavy (non-hydrogen) atoms.